The molecule has 6 nitrogen and oxygen atoms in total. The second-order valence-corrected chi connectivity index (χ2v) is 7.00. The lowest BCUT2D eigenvalue weighted by Gasteiger charge is -2.31. The van der Waals surface area contributed by atoms with Crippen LogP contribution in [-0.4, -0.2) is 30.6 Å². The number of hydroxylamine groups is 1. The number of ether oxygens (including phenoxy) is 2. The quantitative estimate of drug-likeness (QED) is 0.749. The molecule has 146 valence electrons. The molecule has 2 aromatic rings. The van der Waals surface area contributed by atoms with Gasteiger partial charge >= 0.3 is 5.97 Å². The smallest absolute Gasteiger partial charge is 0.318 e. The molecule has 0 bridgehead atoms. The van der Waals surface area contributed by atoms with Crippen molar-refractivity contribution in [2.24, 2.45) is 5.41 Å². The second-order valence-electron chi connectivity index (χ2n) is 7.00. The van der Waals surface area contributed by atoms with E-state index < -0.39 is 17.2 Å². The molecule has 4 rings (SSSR count). The normalized spacial score (nSPS) is 22.5. The van der Waals surface area contributed by atoms with Gasteiger partial charge in [0.2, 0.25) is 5.79 Å². The summed E-state index contributed by atoms with van der Waals surface area (Å²) in [6.45, 7) is 2.00. The Balaban J connectivity index is 1.86. The maximum Gasteiger partial charge on any atom is 0.318 e. The first-order valence-electron chi connectivity index (χ1n) is 9.34. The van der Waals surface area contributed by atoms with Gasteiger partial charge in [0.05, 0.1) is 19.4 Å². The first kappa shape index (κ1) is 18.5. The fourth-order valence-electron chi connectivity index (χ4n) is 3.71. The molecule has 0 saturated heterocycles. The van der Waals surface area contributed by atoms with Crippen molar-refractivity contribution in [2.45, 2.75) is 25.6 Å². The number of rotatable bonds is 6. The van der Waals surface area contributed by atoms with Gasteiger partial charge in [-0.25, -0.2) is 4.84 Å². The molecule has 2 aliphatic rings. The van der Waals surface area contributed by atoms with Crippen molar-refractivity contribution in [2.75, 3.05) is 13.7 Å². The van der Waals surface area contributed by atoms with Crippen LogP contribution >= 0.6 is 0 Å². The minimum atomic E-state index is -1.82. The number of aliphatic hydroxyl groups is 1. The van der Waals surface area contributed by atoms with Crippen LogP contribution in [0.1, 0.15) is 30.9 Å². The zero-order valence-electron chi connectivity index (χ0n) is 15.9. The summed E-state index contributed by atoms with van der Waals surface area (Å²) in [5.41, 5.74) is 4.50. The Bertz CT molecular complexity index is 902. The van der Waals surface area contributed by atoms with Crippen molar-refractivity contribution in [3.05, 3.63) is 65.7 Å². The van der Waals surface area contributed by atoms with Gasteiger partial charge in [-0.3, -0.25) is 10.3 Å². The lowest BCUT2D eigenvalue weighted by Crippen LogP contribution is -2.47. The van der Waals surface area contributed by atoms with E-state index in [0.717, 1.165) is 16.9 Å². The van der Waals surface area contributed by atoms with E-state index in [4.69, 9.17) is 14.3 Å². The molecule has 1 heterocycles. The Kier molecular flexibility index (Phi) is 4.61. The minimum absolute atomic E-state index is 0.250. The molecule has 2 aromatic carbocycles. The average Bonchev–Trinajstić information content (AvgIpc) is 3.48. The largest absolute Gasteiger partial charge is 0.497 e. The van der Waals surface area contributed by atoms with Crippen LogP contribution in [0.4, 0.5) is 0 Å². The Labute approximate surface area is 163 Å². The molecule has 1 aliphatic heterocycles. The number of hydrogen-bond acceptors (Lipinski definition) is 6. The summed E-state index contributed by atoms with van der Waals surface area (Å²) >= 11 is 0. The van der Waals surface area contributed by atoms with Crippen LogP contribution in [0.5, 0.6) is 5.75 Å². The standard InChI is InChI=1S/C22H23NO5/c1-3-27-20(24)21(13-14-21)22(25)18(15-7-5-4-6-8-15)19(23-28-22)16-9-11-17(26-2)12-10-16/h4-12,23,25H,3,13-14H2,1-2H3. The molecule has 1 saturated carbocycles. The summed E-state index contributed by atoms with van der Waals surface area (Å²) in [7, 11) is 1.61. The van der Waals surface area contributed by atoms with E-state index in [-0.39, 0.29) is 6.61 Å². The van der Waals surface area contributed by atoms with E-state index in [1.807, 2.05) is 54.6 Å². The van der Waals surface area contributed by atoms with Crippen LogP contribution in [0.15, 0.2) is 54.6 Å². The van der Waals surface area contributed by atoms with Crippen molar-refractivity contribution in [3.63, 3.8) is 0 Å². The van der Waals surface area contributed by atoms with E-state index in [1.54, 1.807) is 14.0 Å². The molecule has 0 spiro atoms. The average molecular weight is 381 g/mol. The van der Waals surface area contributed by atoms with Gasteiger partial charge in [-0.1, -0.05) is 30.3 Å². The molecule has 28 heavy (non-hydrogen) atoms. The number of methoxy groups -OCH3 is 1. The van der Waals surface area contributed by atoms with Gasteiger partial charge in [-0.05, 0) is 49.6 Å². The summed E-state index contributed by atoms with van der Waals surface area (Å²) in [6, 6.07) is 16.9. The highest BCUT2D eigenvalue weighted by Gasteiger charge is 2.70. The van der Waals surface area contributed by atoms with E-state index in [1.165, 1.54) is 0 Å². The van der Waals surface area contributed by atoms with E-state index in [2.05, 4.69) is 5.48 Å². The summed E-state index contributed by atoms with van der Waals surface area (Å²) in [4.78, 5) is 18.4. The minimum Gasteiger partial charge on any atom is -0.497 e. The van der Waals surface area contributed by atoms with Crippen LogP contribution in [-0.2, 0) is 14.4 Å². The topological polar surface area (TPSA) is 77.0 Å². The third kappa shape index (κ3) is 2.77. The SMILES string of the molecule is CCOC(=O)C1(C2(O)ONC(c3ccc(OC)cc3)=C2c2ccccc2)CC1. The van der Waals surface area contributed by atoms with E-state index in [0.29, 0.717) is 24.1 Å². The number of hydrogen-bond donors (Lipinski definition) is 2. The van der Waals surface area contributed by atoms with Gasteiger partial charge in [0.15, 0.2) is 0 Å². The lowest BCUT2D eigenvalue weighted by atomic mass is 9.83. The summed E-state index contributed by atoms with van der Waals surface area (Å²) in [5.74, 6) is -1.54. The number of carbonyl (C=O) groups excluding carboxylic acids is 1. The predicted octanol–water partition coefficient (Wildman–Crippen LogP) is 3.13. The van der Waals surface area contributed by atoms with Crippen molar-refractivity contribution in [1.82, 2.24) is 5.48 Å². The molecule has 1 unspecified atom stereocenters. The van der Waals surface area contributed by atoms with Gasteiger partial charge in [0.25, 0.3) is 0 Å². The Hall–Kier alpha value is -2.83. The molecule has 0 amide bonds. The Morgan fingerprint density at radius 1 is 1.11 bits per heavy atom. The molecule has 6 heteroatoms. The molecule has 0 radical (unpaired) electrons. The maximum absolute atomic E-state index is 12.7. The number of esters is 1. The summed E-state index contributed by atoms with van der Waals surface area (Å²) in [6.07, 6.45) is 0.993. The highest BCUT2D eigenvalue weighted by atomic mass is 16.8. The Morgan fingerprint density at radius 3 is 2.36 bits per heavy atom. The second kappa shape index (κ2) is 6.96. The highest BCUT2D eigenvalue weighted by Crippen LogP contribution is 2.62. The zero-order chi connectivity index (χ0) is 19.8. The molecule has 1 aliphatic carbocycles. The number of benzene rings is 2. The number of carbonyl (C=O) groups is 1. The molecule has 0 aromatic heterocycles. The first-order chi connectivity index (χ1) is 13.6. The van der Waals surface area contributed by atoms with Crippen LogP contribution in [0.2, 0.25) is 0 Å². The lowest BCUT2D eigenvalue weighted by molar-refractivity contribution is -0.224. The summed E-state index contributed by atoms with van der Waals surface area (Å²) < 4.78 is 10.5. The fourth-order valence-corrected chi connectivity index (χ4v) is 3.71. The molecule has 2 N–H and O–H groups in total. The highest BCUT2D eigenvalue weighted by molar-refractivity contribution is 5.98. The molecule has 1 fully saturated rings. The van der Waals surface area contributed by atoms with Crippen molar-refractivity contribution in [1.29, 1.82) is 0 Å². The molecule has 1 atom stereocenters. The van der Waals surface area contributed by atoms with Gasteiger partial charge in [0.1, 0.15) is 11.2 Å². The molecular formula is C22H23NO5. The Morgan fingerprint density at radius 2 is 1.79 bits per heavy atom. The van der Waals surface area contributed by atoms with Crippen molar-refractivity contribution >= 4 is 17.2 Å². The van der Waals surface area contributed by atoms with Gasteiger partial charge in [0, 0.05) is 11.1 Å². The first-order valence-corrected chi connectivity index (χ1v) is 9.34. The van der Waals surface area contributed by atoms with Gasteiger partial charge < -0.3 is 14.6 Å². The zero-order valence-corrected chi connectivity index (χ0v) is 15.9. The van der Waals surface area contributed by atoms with Crippen LogP contribution < -0.4 is 10.2 Å². The van der Waals surface area contributed by atoms with E-state index >= 15 is 0 Å². The van der Waals surface area contributed by atoms with Gasteiger partial charge in [-0.15, -0.1) is 0 Å². The monoisotopic (exact) mass is 381 g/mol. The van der Waals surface area contributed by atoms with Crippen LogP contribution in [0.3, 0.4) is 0 Å². The molecular weight excluding hydrogens is 358 g/mol. The van der Waals surface area contributed by atoms with E-state index in [9.17, 15) is 9.90 Å². The summed E-state index contributed by atoms with van der Waals surface area (Å²) in [5, 5.41) is 11.7. The predicted molar refractivity (Wildman–Crippen MR) is 104 cm³/mol. The van der Waals surface area contributed by atoms with Crippen molar-refractivity contribution in [3.8, 4) is 5.75 Å². The van der Waals surface area contributed by atoms with Crippen LogP contribution in [0, 0.1) is 5.41 Å². The third-order valence-corrected chi connectivity index (χ3v) is 5.40. The number of nitrogens with one attached hydrogen (secondary N) is 1. The van der Waals surface area contributed by atoms with Gasteiger partial charge in [-0.2, -0.15) is 0 Å². The fraction of sp³-hybridized carbons (Fsp3) is 0.318. The third-order valence-electron chi connectivity index (χ3n) is 5.40. The van der Waals surface area contributed by atoms with Crippen LogP contribution in [0.25, 0.3) is 11.3 Å². The maximum atomic E-state index is 12.7. The van der Waals surface area contributed by atoms with Crippen molar-refractivity contribution < 1.29 is 24.2 Å².